The highest BCUT2D eigenvalue weighted by molar-refractivity contribution is 6.05. The number of hydrogen-bond donors (Lipinski definition) is 1. The molecule has 2 aromatic rings. The van der Waals surface area contributed by atoms with Crippen LogP contribution in [0.1, 0.15) is 12.0 Å². The van der Waals surface area contributed by atoms with Gasteiger partial charge in [0.2, 0.25) is 11.8 Å². The minimum atomic E-state index is -4.73. The molecule has 2 aromatic carbocycles. The zero-order valence-corrected chi connectivity index (χ0v) is 15.2. The standard InChI is InChI=1S/C20H20F3N3O2/c1-25(12-14-7-3-2-4-8-14)13-19(28)26-16-10-6-5-9-15(16)24-18(27)11-17(26)20(21,22)23/h2-10,17H,11-13H2,1H3,(H,24,27)/t17-/m0/s1. The summed E-state index contributed by atoms with van der Waals surface area (Å²) in [5.74, 6) is -1.49. The number of carbonyl (C=O) groups is 2. The van der Waals surface area contributed by atoms with E-state index in [9.17, 15) is 22.8 Å². The Morgan fingerprint density at radius 3 is 2.46 bits per heavy atom. The molecule has 0 unspecified atom stereocenters. The van der Waals surface area contributed by atoms with Crippen LogP contribution in [0.5, 0.6) is 0 Å². The van der Waals surface area contributed by atoms with Crippen LogP contribution in [0.25, 0.3) is 0 Å². The Balaban J connectivity index is 1.88. The number of rotatable bonds is 4. The number of nitrogens with zero attached hydrogens (tertiary/aromatic N) is 2. The molecule has 3 rings (SSSR count). The number of likely N-dealkylation sites (N-methyl/N-ethyl adjacent to an activating group) is 1. The van der Waals surface area contributed by atoms with E-state index in [-0.39, 0.29) is 17.9 Å². The van der Waals surface area contributed by atoms with Crippen LogP contribution in [0.2, 0.25) is 0 Å². The van der Waals surface area contributed by atoms with E-state index in [1.165, 1.54) is 18.2 Å². The van der Waals surface area contributed by atoms with Crippen molar-refractivity contribution in [2.75, 3.05) is 23.8 Å². The summed E-state index contributed by atoms with van der Waals surface area (Å²) in [5, 5.41) is 2.46. The quantitative estimate of drug-likeness (QED) is 0.869. The fourth-order valence-electron chi connectivity index (χ4n) is 3.25. The molecule has 5 nitrogen and oxygen atoms in total. The van der Waals surface area contributed by atoms with Gasteiger partial charge in [0, 0.05) is 6.54 Å². The first kappa shape index (κ1) is 19.9. The third-order valence-corrected chi connectivity index (χ3v) is 4.48. The number of benzene rings is 2. The summed E-state index contributed by atoms with van der Waals surface area (Å²) in [6.07, 6.45) is -5.57. The summed E-state index contributed by atoms with van der Waals surface area (Å²) in [4.78, 5) is 27.2. The van der Waals surface area contributed by atoms with Crippen molar-refractivity contribution >= 4 is 23.2 Å². The molecule has 8 heteroatoms. The van der Waals surface area contributed by atoms with Crippen LogP contribution < -0.4 is 10.2 Å². The lowest BCUT2D eigenvalue weighted by Crippen LogP contribution is -2.52. The Kier molecular flexibility index (Phi) is 5.69. The maximum atomic E-state index is 13.7. The maximum absolute atomic E-state index is 13.7. The van der Waals surface area contributed by atoms with Crippen molar-refractivity contribution in [2.45, 2.75) is 25.2 Å². The summed E-state index contributed by atoms with van der Waals surface area (Å²) < 4.78 is 41.1. The van der Waals surface area contributed by atoms with Crippen molar-refractivity contribution in [2.24, 2.45) is 0 Å². The minimum Gasteiger partial charge on any atom is -0.324 e. The van der Waals surface area contributed by atoms with E-state index in [1.54, 1.807) is 18.0 Å². The predicted molar refractivity (Wildman–Crippen MR) is 99.8 cm³/mol. The second kappa shape index (κ2) is 8.02. The van der Waals surface area contributed by atoms with Crippen LogP contribution >= 0.6 is 0 Å². The Bertz CT molecular complexity index is 855. The van der Waals surface area contributed by atoms with E-state index in [4.69, 9.17) is 0 Å². The Labute approximate surface area is 160 Å². The highest BCUT2D eigenvalue weighted by Crippen LogP contribution is 2.37. The van der Waals surface area contributed by atoms with Gasteiger partial charge in [0.1, 0.15) is 6.04 Å². The van der Waals surface area contributed by atoms with Gasteiger partial charge in [0.15, 0.2) is 0 Å². The first-order valence-electron chi connectivity index (χ1n) is 8.76. The van der Waals surface area contributed by atoms with Crippen molar-refractivity contribution in [1.82, 2.24) is 4.90 Å². The monoisotopic (exact) mass is 391 g/mol. The van der Waals surface area contributed by atoms with Crippen LogP contribution in [-0.2, 0) is 16.1 Å². The van der Waals surface area contributed by atoms with Gasteiger partial charge in [0.25, 0.3) is 0 Å². The number of halogens is 3. The molecule has 1 aliphatic heterocycles. The summed E-state index contributed by atoms with van der Waals surface area (Å²) >= 11 is 0. The first-order valence-corrected chi connectivity index (χ1v) is 8.76. The minimum absolute atomic E-state index is 0.0498. The Morgan fingerprint density at radius 2 is 1.79 bits per heavy atom. The van der Waals surface area contributed by atoms with E-state index in [0.717, 1.165) is 5.56 Å². The van der Waals surface area contributed by atoms with Gasteiger partial charge in [-0.15, -0.1) is 0 Å². The second-order valence-electron chi connectivity index (χ2n) is 6.75. The average Bonchev–Trinajstić information content (AvgIpc) is 2.77. The molecule has 0 spiro atoms. The van der Waals surface area contributed by atoms with Crippen molar-refractivity contribution in [1.29, 1.82) is 0 Å². The van der Waals surface area contributed by atoms with Gasteiger partial charge in [0.05, 0.1) is 24.3 Å². The van der Waals surface area contributed by atoms with Gasteiger partial charge in [-0.2, -0.15) is 13.2 Å². The van der Waals surface area contributed by atoms with Crippen molar-refractivity contribution < 1.29 is 22.8 Å². The number of anilines is 2. The lowest BCUT2D eigenvalue weighted by atomic mass is 10.1. The molecule has 1 heterocycles. The lowest BCUT2D eigenvalue weighted by Gasteiger charge is -2.33. The Morgan fingerprint density at radius 1 is 1.14 bits per heavy atom. The zero-order chi connectivity index (χ0) is 20.3. The summed E-state index contributed by atoms with van der Waals surface area (Å²) in [5.41, 5.74) is 1.19. The molecule has 148 valence electrons. The van der Waals surface area contributed by atoms with Gasteiger partial charge >= 0.3 is 6.18 Å². The third kappa shape index (κ3) is 4.51. The number of alkyl halides is 3. The second-order valence-corrected chi connectivity index (χ2v) is 6.75. The lowest BCUT2D eigenvalue weighted by molar-refractivity contribution is -0.158. The Hall–Kier alpha value is -2.87. The topological polar surface area (TPSA) is 52.7 Å². The molecule has 0 saturated carbocycles. The number of nitrogens with one attached hydrogen (secondary N) is 1. The SMILES string of the molecule is CN(CC(=O)N1c2ccccc2NC(=O)C[C@H]1C(F)(F)F)Cc1ccccc1. The number of amides is 2. The molecule has 2 amide bonds. The highest BCUT2D eigenvalue weighted by atomic mass is 19.4. The summed E-state index contributed by atoms with van der Waals surface area (Å²) in [7, 11) is 1.67. The van der Waals surface area contributed by atoms with E-state index in [1.807, 2.05) is 30.3 Å². The first-order chi connectivity index (χ1) is 13.3. The van der Waals surface area contributed by atoms with Crippen LogP contribution in [0.15, 0.2) is 54.6 Å². The van der Waals surface area contributed by atoms with E-state index in [2.05, 4.69) is 5.32 Å². The van der Waals surface area contributed by atoms with E-state index < -0.39 is 30.5 Å². The van der Waals surface area contributed by atoms with Gasteiger partial charge in [-0.25, -0.2) is 0 Å². The normalized spacial score (nSPS) is 17.1. The molecule has 1 N–H and O–H groups in total. The molecule has 1 atom stereocenters. The fraction of sp³-hybridized carbons (Fsp3) is 0.300. The van der Waals surface area contributed by atoms with Gasteiger partial charge in [-0.1, -0.05) is 42.5 Å². The van der Waals surface area contributed by atoms with Gasteiger partial charge in [-0.05, 0) is 24.7 Å². The van der Waals surface area contributed by atoms with E-state index in [0.29, 0.717) is 11.4 Å². The van der Waals surface area contributed by atoms with Crippen molar-refractivity contribution in [3.05, 3.63) is 60.2 Å². The number of hydrogen-bond acceptors (Lipinski definition) is 3. The average molecular weight is 391 g/mol. The van der Waals surface area contributed by atoms with Crippen LogP contribution in [0.4, 0.5) is 24.5 Å². The predicted octanol–water partition coefficient (Wildman–Crippen LogP) is 3.42. The van der Waals surface area contributed by atoms with Crippen molar-refractivity contribution in [3.63, 3.8) is 0 Å². The number of para-hydroxylation sites is 2. The summed E-state index contributed by atoms with van der Waals surface area (Å²) in [6.45, 7) is 0.194. The number of fused-ring (bicyclic) bond motifs is 1. The fourth-order valence-corrected chi connectivity index (χ4v) is 3.25. The molecule has 0 aliphatic carbocycles. The third-order valence-electron chi connectivity index (χ3n) is 4.48. The van der Waals surface area contributed by atoms with E-state index >= 15 is 0 Å². The molecule has 0 fully saturated rings. The molecule has 28 heavy (non-hydrogen) atoms. The van der Waals surface area contributed by atoms with Gasteiger partial charge < -0.3 is 5.32 Å². The maximum Gasteiger partial charge on any atom is 0.409 e. The molecule has 1 aliphatic rings. The molecule has 0 radical (unpaired) electrons. The number of carbonyl (C=O) groups excluding carboxylic acids is 2. The van der Waals surface area contributed by atoms with Crippen LogP contribution in [-0.4, -0.2) is 42.5 Å². The highest BCUT2D eigenvalue weighted by Gasteiger charge is 2.49. The van der Waals surface area contributed by atoms with Gasteiger partial charge in [-0.3, -0.25) is 19.4 Å². The van der Waals surface area contributed by atoms with Crippen LogP contribution in [0.3, 0.4) is 0 Å². The van der Waals surface area contributed by atoms with Crippen molar-refractivity contribution in [3.8, 4) is 0 Å². The molecule has 0 aromatic heterocycles. The zero-order valence-electron chi connectivity index (χ0n) is 15.2. The summed E-state index contributed by atoms with van der Waals surface area (Å²) in [6, 6.07) is 13.1. The molecular formula is C20H20F3N3O2. The largest absolute Gasteiger partial charge is 0.409 e. The molecule has 0 saturated heterocycles. The molecular weight excluding hydrogens is 371 g/mol. The van der Waals surface area contributed by atoms with Crippen LogP contribution in [0, 0.1) is 0 Å². The molecule has 0 bridgehead atoms. The smallest absolute Gasteiger partial charge is 0.324 e.